The Morgan fingerprint density at radius 2 is 2.00 bits per heavy atom. The third-order valence-corrected chi connectivity index (χ3v) is 4.00. The van der Waals surface area contributed by atoms with E-state index < -0.39 is 0 Å². The molecular formula is C19H29NO3. The van der Waals surface area contributed by atoms with E-state index in [2.05, 4.69) is 20.8 Å². The number of benzene rings is 1. The molecule has 128 valence electrons. The van der Waals surface area contributed by atoms with Gasteiger partial charge in [0.25, 0.3) is 0 Å². The smallest absolute Gasteiger partial charge is 0.246 e. The topological polar surface area (TPSA) is 38.8 Å². The van der Waals surface area contributed by atoms with Crippen molar-refractivity contribution < 1.29 is 14.3 Å². The molecule has 4 nitrogen and oxygen atoms in total. The molecule has 0 bridgehead atoms. The minimum Gasteiger partial charge on any atom is -0.497 e. The lowest BCUT2D eigenvalue weighted by atomic mass is 10.1. The van der Waals surface area contributed by atoms with Crippen LogP contribution in [-0.2, 0) is 4.79 Å². The van der Waals surface area contributed by atoms with E-state index in [1.165, 1.54) is 0 Å². The minimum atomic E-state index is 0.0395. The highest BCUT2D eigenvalue weighted by atomic mass is 16.5. The first-order chi connectivity index (χ1) is 11.1. The van der Waals surface area contributed by atoms with Crippen LogP contribution in [0.5, 0.6) is 11.5 Å². The van der Waals surface area contributed by atoms with Gasteiger partial charge in [-0.1, -0.05) is 20.3 Å². The van der Waals surface area contributed by atoms with Crippen molar-refractivity contribution in [1.82, 2.24) is 4.90 Å². The first-order valence-corrected chi connectivity index (χ1v) is 8.28. The van der Waals surface area contributed by atoms with Gasteiger partial charge >= 0.3 is 0 Å². The first kappa shape index (κ1) is 19.1. The maximum atomic E-state index is 12.5. The monoisotopic (exact) mass is 319 g/mol. The summed E-state index contributed by atoms with van der Waals surface area (Å²) in [5.74, 6) is 1.50. The van der Waals surface area contributed by atoms with E-state index >= 15 is 0 Å². The van der Waals surface area contributed by atoms with Gasteiger partial charge in [-0.2, -0.15) is 0 Å². The molecule has 0 radical (unpaired) electrons. The summed E-state index contributed by atoms with van der Waals surface area (Å²) in [6.45, 7) is 7.12. The van der Waals surface area contributed by atoms with Gasteiger partial charge in [0.05, 0.1) is 14.2 Å². The summed E-state index contributed by atoms with van der Waals surface area (Å²) >= 11 is 0. The second-order valence-electron chi connectivity index (χ2n) is 5.58. The number of methoxy groups -OCH3 is 2. The third-order valence-electron chi connectivity index (χ3n) is 4.00. The molecule has 1 unspecified atom stereocenters. The van der Waals surface area contributed by atoms with Crippen LogP contribution in [0.1, 0.15) is 45.6 Å². The molecule has 0 aliphatic rings. The van der Waals surface area contributed by atoms with Crippen LogP contribution in [0.2, 0.25) is 0 Å². The average molecular weight is 319 g/mol. The van der Waals surface area contributed by atoms with E-state index in [1.54, 1.807) is 26.4 Å². The fourth-order valence-electron chi connectivity index (χ4n) is 2.32. The van der Waals surface area contributed by atoms with E-state index in [1.807, 2.05) is 23.1 Å². The Hall–Kier alpha value is -1.97. The summed E-state index contributed by atoms with van der Waals surface area (Å²) in [5, 5.41) is 0. The molecule has 0 N–H and O–H groups in total. The molecule has 0 saturated heterocycles. The molecule has 0 aromatic heterocycles. The molecule has 0 spiro atoms. The number of carbonyl (C=O) groups is 1. The fourth-order valence-corrected chi connectivity index (χ4v) is 2.32. The standard InChI is InChI=1S/C19H29NO3/c1-6-8-13-20(15(3)7-2)19(21)12-9-16-14-17(22-4)10-11-18(16)23-5/h9-12,14-15H,6-8,13H2,1-5H3/b12-9+. The van der Waals surface area contributed by atoms with Gasteiger partial charge in [0.2, 0.25) is 5.91 Å². The SMILES string of the molecule is CCCCN(C(=O)/C=C/c1cc(OC)ccc1OC)C(C)CC. The number of nitrogens with zero attached hydrogens (tertiary/aromatic N) is 1. The molecule has 0 heterocycles. The molecule has 1 rings (SSSR count). The average Bonchev–Trinajstić information content (AvgIpc) is 2.59. The number of carbonyl (C=O) groups excluding carboxylic acids is 1. The highest BCUT2D eigenvalue weighted by Crippen LogP contribution is 2.25. The fraction of sp³-hybridized carbons (Fsp3) is 0.526. The van der Waals surface area contributed by atoms with Gasteiger partial charge in [0.15, 0.2) is 0 Å². The highest BCUT2D eigenvalue weighted by molar-refractivity contribution is 5.92. The van der Waals surface area contributed by atoms with E-state index in [-0.39, 0.29) is 11.9 Å². The molecule has 1 aromatic rings. The van der Waals surface area contributed by atoms with Crippen molar-refractivity contribution >= 4 is 12.0 Å². The molecule has 0 saturated carbocycles. The summed E-state index contributed by atoms with van der Waals surface area (Å²) in [7, 11) is 3.24. The van der Waals surface area contributed by atoms with Crippen LogP contribution in [-0.4, -0.2) is 37.6 Å². The summed E-state index contributed by atoms with van der Waals surface area (Å²) in [6.07, 6.45) is 6.47. The van der Waals surface area contributed by atoms with Crippen molar-refractivity contribution in [3.8, 4) is 11.5 Å². The van der Waals surface area contributed by atoms with Gasteiger partial charge in [-0.25, -0.2) is 0 Å². The second kappa shape index (κ2) is 9.93. The quantitative estimate of drug-likeness (QED) is 0.642. The first-order valence-electron chi connectivity index (χ1n) is 8.28. The molecular weight excluding hydrogens is 290 g/mol. The van der Waals surface area contributed by atoms with Crippen LogP contribution < -0.4 is 9.47 Å². The largest absolute Gasteiger partial charge is 0.497 e. The van der Waals surface area contributed by atoms with Crippen molar-refractivity contribution in [3.05, 3.63) is 29.8 Å². The summed E-state index contributed by atoms with van der Waals surface area (Å²) in [4.78, 5) is 14.5. The zero-order valence-corrected chi connectivity index (χ0v) is 15.0. The summed E-state index contributed by atoms with van der Waals surface area (Å²) in [5.41, 5.74) is 0.833. The van der Waals surface area contributed by atoms with Gasteiger partial charge in [-0.3, -0.25) is 4.79 Å². The predicted molar refractivity (Wildman–Crippen MR) is 95.0 cm³/mol. The van der Waals surface area contributed by atoms with Crippen LogP contribution in [0.25, 0.3) is 6.08 Å². The third kappa shape index (κ3) is 5.62. The lowest BCUT2D eigenvalue weighted by Crippen LogP contribution is -2.37. The van der Waals surface area contributed by atoms with E-state index in [9.17, 15) is 4.79 Å². The number of ether oxygens (including phenoxy) is 2. The Kier molecular flexibility index (Phi) is 8.23. The van der Waals surface area contributed by atoms with Crippen LogP contribution in [0.4, 0.5) is 0 Å². The summed E-state index contributed by atoms with van der Waals surface area (Å²) in [6, 6.07) is 5.78. The van der Waals surface area contributed by atoms with Crippen molar-refractivity contribution in [2.45, 2.75) is 46.1 Å². The van der Waals surface area contributed by atoms with Gasteiger partial charge < -0.3 is 14.4 Å². The minimum absolute atomic E-state index is 0.0395. The molecule has 1 amide bonds. The number of hydrogen-bond donors (Lipinski definition) is 0. The van der Waals surface area contributed by atoms with Crippen LogP contribution in [0.3, 0.4) is 0 Å². The second-order valence-corrected chi connectivity index (χ2v) is 5.58. The Morgan fingerprint density at radius 1 is 1.26 bits per heavy atom. The normalized spacial score (nSPS) is 12.2. The molecule has 1 aromatic carbocycles. The maximum absolute atomic E-state index is 12.5. The Morgan fingerprint density at radius 3 is 2.57 bits per heavy atom. The van der Waals surface area contributed by atoms with Crippen molar-refractivity contribution in [2.24, 2.45) is 0 Å². The number of amides is 1. The zero-order valence-electron chi connectivity index (χ0n) is 15.0. The Labute approximate surface area is 140 Å². The van der Waals surface area contributed by atoms with E-state index in [4.69, 9.17) is 9.47 Å². The lowest BCUT2D eigenvalue weighted by Gasteiger charge is -2.27. The Bertz CT molecular complexity index is 525. The van der Waals surface area contributed by atoms with Crippen LogP contribution in [0.15, 0.2) is 24.3 Å². The number of unbranched alkanes of at least 4 members (excludes halogenated alkanes) is 1. The summed E-state index contributed by atoms with van der Waals surface area (Å²) < 4.78 is 10.6. The van der Waals surface area contributed by atoms with Gasteiger partial charge in [0.1, 0.15) is 11.5 Å². The molecule has 0 aliphatic heterocycles. The van der Waals surface area contributed by atoms with Gasteiger partial charge in [0, 0.05) is 24.2 Å². The molecule has 4 heteroatoms. The lowest BCUT2D eigenvalue weighted by molar-refractivity contribution is -0.128. The highest BCUT2D eigenvalue weighted by Gasteiger charge is 2.16. The Balaban J connectivity index is 2.94. The maximum Gasteiger partial charge on any atom is 0.246 e. The van der Waals surface area contributed by atoms with E-state index in [0.717, 1.165) is 42.9 Å². The van der Waals surface area contributed by atoms with Crippen molar-refractivity contribution in [3.63, 3.8) is 0 Å². The van der Waals surface area contributed by atoms with Gasteiger partial charge in [-0.05, 0) is 44.0 Å². The zero-order chi connectivity index (χ0) is 17.2. The molecule has 0 fully saturated rings. The molecule has 0 aliphatic carbocycles. The molecule has 1 atom stereocenters. The number of hydrogen-bond acceptors (Lipinski definition) is 3. The van der Waals surface area contributed by atoms with Gasteiger partial charge in [-0.15, -0.1) is 0 Å². The van der Waals surface area contributed by atoms with E-state index in [0.29, 0.717) is 0 Å². The van der Waals surface area contributed by atoms with Crippen molar-refractivity contribution in [2.75, 3.05) is 20.8 Å². The van der Waals surface area contributed by atoms with Crippen LogP contribution in [0, 0.1) is 0 Å². The van der Waals surface area contributed by atoms with Crippen molar-refractivity contribution in [1.29, 1.82) is 0 Å². The predicted octanol–water partition coefficient (Wildman–Crippen LogP) is 4.14. The molecule has 23 heavy (non-hydrogen) atoms. The number of rotatable bonds is 9. The van der Waals surface area contributed by atoms with Crippen LogP contribution >= 0.6 is 0 Å².